The van der Waals surface area contributed by atoms with E-state index in [0.717, 1.165) is 12.8 Å². The maximum atomic E-state index is 11.8. The second-order valence-electron chi connectivity index (χ2n) is 3.44. The highest BCUT2D eigenvalue weighted by Gasteiger charge is 2.27. The molecule has 3 nitrogen and oxygen atoms in total. The lowest BCUT2D eigenvalue weighted by atomic mass is 9.95. The van der Waals surface area contributed by atoms with Crippen molar-refractivity contribution in [2.45, 2.75) is 32.2 Å². The predicted molar refractivity (Wildman–Crippen MR) is 63.6 cm³/mol. The minimum absolute atomic E-state index is 0.0816. The Labute approximate surface area is 98.9 Å². The summed E-state index contributed by atoms with van der Waals surface area (Å²) in [5, 5.41) is 2.98. The fourth-order valence-corrected chi connectivity index (χ4v) is 2.24. The lowest BCUT2D eigenvalue weighted by Gasteiger charge is -2.30. The second-order valence-corrected chi connectivity index (χ2v) is 4.59. The molecule has 15 heavy (non-hydrogen) atoms. The molecule has 84 valence electrons. The van der Waals surface area contributed by atoms with Gasteiger partial charge in [0.15, 0.2) is 0 Å². The fraction of sp³-hybridized carbons (Fsp3) is 0.600. The van der Waals surface area contributed by atoms with Crippen molar-refractivity contribution in [2.75, 3.05) is 5.88 Å². The van der Waals surface area contributed by atoms with Gasteiger partial charge >= 0.3 is 0 Å². The number of nitrogens with one attached hydrogen (secondary N) is 1. The monoisotopic (exact) mass is 246 g/mol. The summed E-state index contributed by atoms with van der Waals surface area (Å²) in [5.41, 5.74) is 1.36. The standard InChI is InChI=1S/C10H15ClN2OS/c1-3-10(4-2,6-11)13-9(14)8-5-12-7-15-8/h5,7H,3-4,6H2,1-2H3,(H,13,14). The predicted octanol–water partition coefficient (Wildman–Crippen LogP) is 2.67. The summed E-state index contributed by atoms with van der Waals surface area (Å²) in [6.45, 7) is 4.05. The molecular formula is C10H15ClN2OS. The number of hydrogen-bond acceptors (Lipinski definition) is 3. The highest BCUT2D eigenvalue weighted by Crippen LogP contribution is 2.18. The van der Waals surface area contributed by atoms with E-state index in [1.165, 1.54) is 11.3 Å². The molecule has 0 radical (unpaired) electrons. The number of halogens is 1. The number of thiazole rings is 1. The van der Waals surface area contributed by atoms with Gasteiger partial charge in [-0.25, -0.2) is 0 Å². The SMILES string of the molecule is CCC(CC)(CCl)NC(=O)c1cncs1. The molecule has 1 rings (SSSR count). The molecule has 1 heterocycles. The first-order valence-electron chi connectivity index (χ1n) is 4.94. The Balaban J connectivity index is 2.71. The van der Waals surface area contributed by atoms with Crippen LogP contribution in [0.2, 0.25) is 0 Å². The molecule has 1 aromatic heterocycles. The molecule has 0 aliphatic rings. The van der Waals surface area contributed by atoms with E-state index in [0.29, 0.717) is 10.8 Å². The van der Waals surface area contributed by atoms with Crippen LogP contribution in [0.25, 0.3) is 0 Å². The molecule has 1 amide bonds. The van der Waals surface area contributed by atoms with Crippen molar-refractivity contribution in [2.24, 2.45) is 0 Å². The first-order valence-corrected chi connectivity index (χ1v) is 6.36. The van der Waals surface area contributed by atoms with Crippen LogP contribution >= 0.6 is 22.9 Å². The summed E-state index contributed by atoms with van der Waals surface area (Å²) in [5.74, 6) is 0.353. The molecule has 0 fully saturated rings. The van der Waals surface area contributed by atoms with Gasteiger partial charge < -0.3 is 5.32 Å². The zero-order valence-corrected chi connectivity index (χ0v) is 10.5. The van der Waals surface area contributed by atoms with Gasteiger partial charge in [-0.2, -0.15) is 0 Å². The number of aromatic nitrogens is 1. The van der Waals surface area contributed by atoms with Crippen LogP contribution in [0.15, 0.2) is 11.7 Å². The smallest absolute Gasteiger partial charge is 0.263 e. The number of nitrogens with zero attached hydrogens (tertiary/aromatic N) is 1. The van der Waals surface area contributed by atoms with Crippen molar-refractivity contribution in [3.05, 3.63) is 16.6 Å². The molecule has 5 heteroatoms. The molecule has 0 spiro atoms. The van der Waals surface area contributed by atoms with E-state index in [1.807, 2.05) is 13.8 Å². The van der Waals surface area contributed by atoms with Gasteiger partial charge in [-0.05, 0) is 12.8 Å². The number of carbonyl (C=O) groups is 1. The van der Waals surface area contributed by atoms with E-state index in [1.54, 1.807) is 11.7 Å². The zero-order valence-electron chi connectivity index (χ0n) is 8.92. The molecule has 1 N–H and O–H groups in total. The third kappa shape index (κ3) is 2.92. The van der Waals surface area contributed by atoms with Gasteiger partial charge in [0.05, 0.1) is 17.2 Å². The molecule has 0 saturated heterocycles. The lowest BCUT2D eigenvalue weighted by Crippen LogP contribution is -2.49. The van der Waals surface area contributed by atoms with Gasteiger partial charge in [0.1, 0.15) is 4.88 Å². The van der Waals surface area contributed by atoms with Crippen molar-refractivity contribution >= 4 is 28.8 Å². The molecule has 0 aromatic carbocycles. The average molecular weight is 247 g/mol. The maximum Gasteiger partial charge on any atom is 0.263 e. The molecule has 1 aromatic rings. The molecule has 0 atom stereocenters. The van der Waals surface area contributed by atoms with Crippen LogP contribution in [-0.2, 0) is 0 Å². The van der Waals surface area contributed by atoms with Crippen LogP contribution in [0.4, 0.5) is 0 Å². The maximum absolute atomic E-state index is 11.8. The van der Waals surface area contributed by atoms with Crippen LogP contribution < -0.4 is 5.32 Å². The van der Waals surface area contributed by atoms with E-state index in [9.17, 15) is 4.79 Å². The summed E-state index contributed by atoms with van der Waals surface area (Å²) in [4.78, 5) is 16.3. The Morgan fingerprint density at radius 3 is 2.67 bits per heavy atom. The van der Waals surface area contributed by atoms with Gasteiger partial charge in [-0.1, -0.05) is 13.8 Å². The van der Waals surface area contributed by atoms with Gasteiger partial charge in [0.2, 0.25) is 0 Å². The Kier molecular flexibility index (Phi) is 4.54. The Bertz CT molecular complexity index is 301. The zero-order chi connectivity index (χ0) is 11.3. The summed E-state index contributed by atoms with van der Waals surface area (Å²) in [6, 6.07) is 0. The van der Waals surface area contributed by atoms with Gasteiger partial charge in [0, 0.05) is 5.88 Å². The Morgan fingerprint density at radius 2 is 2.27 bits per heavy atom. The van der Waals surface area contributed by atoms with Crippen molar-refractivity contribution in [3.63, 3.8) is 0 Å². The number of carbonyl (C=O) groups excluding carboxylic acids is 1. The fourth-order valence-electron chi connectivity index (χ4n) is 1.28. The third-order valence-corrected chi connectivity index (χ3v) is 3.93. The first-order chi connectivity index (χ1) is 7.17. The molecule has 0 aliphatic carbocycles. The van der Waals surface area contributed by atoms with Crippen LogP contribution in [0, 0.1) is 0 Å². The molecule has 0 aliphatic heterocycles. The number of rotatable bonds is 5. The van der Waals surface area contributed by atoms with Crippen molar-refractivity contribution in [1.82, 2.24) is 10.3 Å². The lowest BCUT2D eigenvalue weighted by molar-refractivity contribution is 0.0906. The topological polar surface area (TPSA) is 42.0 Å². The third-order valence-electron chi connectivity index (χ3n) is 2.64. The highest BCUT2D eigenvalue weighted by atomic mass is 35.5. The van der Waals surface area contributed by atoms with Crippen molar-refractivity contribution in [1.29, 1.82) is 0 Å². The largest absolute Gasteiger partial charge is 0.345 e. The number of amides is 1. The summed E-state index contributed by atoms with van der Waals surface area (Å²) in [6.07, 6.45) is 3.24. The molecule has 0 bridgehead atoms. The minimum Gasteiger partial charge on any atom is -0.345 e. The average Bonchev–Trinajstić information content (AvgIpc) is 2.79. The van der Waals surface area contributed by atoms with Crippen LogP contribution in [0.5, 0.6) is 0 Å². The van der Waals surface area contributed by atoms with Crippen molar-refractivity contribution in [3.8, 4) is 0 Å². The Morgan fingerprint density at radius 1 is 1.60 bits per heavy atom. The second kappa shape index (κ2) is 5.47. The molecular weight excluding hydrogens is 232 g/mol. The summed E-state index contributed by atoms with van der Waals surface area (Å²) >= 11 is 7.24. The van der Waals surface area contributed by atoms with E-state index >= 15 is 0 Å². The molecule has 0 saturated carbocycles. The van der Waals surface area contributed by atoms with Crippen LogP contribution in [0.1, 0.15) is 36.4 Å². The van der Waals surface area contributed by atoms with E-state index < -0.39 is 0 Å². The van der Waals surface area contributed by atoms with Gasteiger partial charge in [-0.3, -0.25) is 9.78 Å². The summed E-state index contributed by atoms with van der Waals surface area (Å²) in [7, 11) is 0. The van der Waals surface area contributed by atoms with Gasteiger partial charge in [-0.15, -0.1) is 22.9 Å². The minimum atomic E-state index is -0.289. The number of alkyl halides is 1. The Hall–Kier alpha value is -0.610. The molecule has 0 unspecified atom stereocenters. The first kappa shape index (κ1) is 12.5. The quantitative estimate of drug-likeness (QED) is 0.812. The van der Waals surface area contributed by atoms with E-state index in [2.05, 4.69) is 10.3 Å². The summed E-state index contributed by atoms with van der Waals surface area (Å²) < 4.78 is 0. The van der Waals surface area contributed by atoms with Crippen molar-refractivity contribution < 1.29 is 4.79 Å². The van der Waals surface area contributed by atoms with Crippen LogP contribution in [0.3, 0.4) is 0 Å². The van der Waals surface area contributed by atoms with E-state index in [4.69, 9.17) is 11.6 Å². The van der Waals surface area contributed by atoms with Crippen LogP contribution in [-0.4, -0.2) is 22.3 Å². The normalized spacial score (nSPS) is 11.4. The van der Waals surface area contributed by atoms with Gasteiger partial charge in [0.25, 0.3) is 5.91 Å². The number of hydrogen-bond donors (Lipinski definition) is 1. The highest BCUT2D eigenvalue weighted by molar-refractivity contribution is 7.11. The van der Waals surface area contributed by atoms with E-state index in [-0.39, 0.29) is 11.4 Å².